The number of nitro groups is 1. The Labute approximate surface area is 134 Å². The zero-order chi connectivity index (χ0) is 15.4. The van der Waals surface area contributed by atoms with Gasteiger partial charge >= 0.3 is 0 Å². The first kappa shape index (κ1) is 15.5. The molecule has 0 atom stereocenters. The maximum absolute atomic E-state index is 13.6. The second-order valence-electron chi connectivity index (χ2n) is 4.25. The predicted molar refractivity (Wildman–Crippen MR) is 86.1 cm³/mol. The van der Waals surface area contributed by atoms with Crippen LogP contribution >= 0.6 is 22.6 Å². The third-order valence-corrected chi connectivity index (χ3v) is 3.68. The van der Waals surface area contributed by atoms with Crippen molar-refractivity contribution < 1.29 is 14.1 Å². The molecule has 21 heavy (non-hydrogen) atoms. The molecule has 0 aromatic heterocycles. The highest BCUT2D eigenvalue weighted by Gasteiger charge is 2.17. The van der Waals surface area contributed by atoms with E-state index in [-0.39, 0.29) is 14.9 Å². The molecule has 0 heterocycles. The molecule has 110 valence electrons. The van der Waals surface area contributed by atoms with Crippen molar-refractivity contribution in [2.75, 3.05) is 12.4 Å². The number of nitrogens with zero attached hydrogens (tertiary/aromatic N) is 1. The minimum absolute atomic E-state index is 0.149. The molecule has 5 nitrogen and oxygen atoms in total. The van der Waals surface area contributed by atoms with E-state index in [9.17, 15) is 14.5 Å². The zero-order valence-electron chi connectivity index (χ0n) is 11.1. The maximum atomic E-state index is 13.6. The van der Waals surface area contributed by atoms with Crippen molar-refractivity contribution in [3.05, 3.63) is 61.5 Å². The first-order chi connectivity index (χ1) is 10.0. The average molecular weight is 402 g/mol. The van der Waals surface area contributed by atoms with E-state index in [1.807, 2.05) is 18.2 Å². The first-order valence-corrected chi connectivity index (χ1v) is 7.09. The van der Waals surface area contributed by atoms with Gasteiger partial charge in [-0.1, -0.05) is 12.1 Å². The van der Waals surface area contributed by atoms with E-state index in [2.05, 4.69) is 5.32 Å². The van der Waals surface area contributed by atoms with Gasteiger partial charge in [-0.15, -0.1) is 0 Å². The van der Waals surface area contributed by atoms with E-state index in [4.69, 9.17) is 4.74 Å². The van der Waals surface area contributed by atoms with E-state index in [0.717, 1.165) is 11.6 Å². The van der Waals surface area contributed by atoms with E-state index < -0.39 is 10.7 Å². The molecule has 0 aliphatic carbocycles. The quantitative estimate of drug-likeness (QED) is 0.467. The topological polar surface area (TPSA) is 64.4 Å². The molecular formula is C14H12FIN2O3. The molecule has 2 aromatic carbocycles. The molecule has 1 N–H and O–H groups in total. The SMILES string of the molecule is COc1cccc(CNc2cc(F)c(I)cc2[N+](=O)[O-])c1. The molecule has 2 rings (SSSR count). The molecule has 0 fully saturated rings. The first-order valence-electron chi connectivity index (χ1n) is 6.01. The number of hydrogen-bond donors (Lipinski definition) is 1. The molecular weight excluding hydrogens is 390 g/mol. The van der Waals surface area contributed by atoms with Crippen LogP contribution in [0.2, 0.25) is 0 Å². The van der Waals surface area contributed by atoms with Crippen molar-refractivity contribution in [2.24, 2.45) is 0 Å². The Hall–Kier alpha value is -1.90. The summed E-state index contributed by atoms with van der Waals surface area (Å²) in [5, 5.41) is 13.9. The number of anilines is 1. The van der Waals surface area contributed by atoms with Crippen LogP contribution < -0.4 is 10.1 Å². The van der Waals surface area contributed by atoms with Gasteiger partial charge in [0.1, 0.15) is 17.3 Å². The summed E-state index contributed by atoms with van der Waals surface area (Å²) in [6, 6.07) is 9.63. The van der Waals surface area contributed by atoms with Gasteiger partial charge in [0.05, 0.1) is 15.6 Å². The number of nitro benzene ring substituents is 1. The van der Waals surface area contributed by atoms with Crippen LogP contribution in [0.4, 0.5) is 15.8 Å². The molecule has 0 aliphatic heterocycles. The Balaban J connectivity index is 2.22. The highest BCUT2D eigenvalue weighted by atomic mass is 127. The molecule has 0 saturated heterocycles. The second kappa shape index (κ2) is 6.70. The molecule has 0 aliphatic rings. The molecule has 0 saturated carbocycles. The molecule has 0 unspecified atom stereocenters. The lowest BCUT2D eigenvalue weighted by molar-refractivity contribution is -0.384. The van der Waals surface area contributed by atoms with Gasteiger partial charge in [0.25, 0.3) is 5.69 Å². The Morgan fingerprint density at radius 3 is 2.81 bits per heavy atom. The van der Waals surface area contributed by atoms with Crippen LogP contribution in [0.25, 0.3) is 0 Å². The van der Waals surface area contributed by atoms with Crippen LogP contribution in [0.5, 0.6) is 5.75 Å². The Kier molecular flexibility index (Phi) is 4.94. The Morgan fingerprint density at radius 1 is 1.38 bits per heavy atom. The van der Waals surface area contributed by atoms with E-state index in [1.165, 1.54) is 6.07 Å². The van der Waals surface area contributed by atoms with Crippen molar-refractivity contribution >= 4 is 34.0 Å². The number of hydrogen-bond acceptors (Lipinski definition) is 4. The number of nitrogens with one attached hydrogen (secondary N) is 1. The number of methoxy groups -OCH3 is 1. The van der Waals surface area contributed by atoms with Crippen molar-refractivity contribution in [3.63, 3.8) is 0 Å². The lowest BCUT2D eigenvalue weighted by Crippen LogP contribution is -2.04. The third kappa shape index (κ3) is 3.81. The Morgan fingerprint density at radius 2 is 2.14 bits per heavy atom. The summed E-state index contributed by atoms with van der Waals surface area (Å²) in [4.78, 5) is 10.5. The van der Waals surface area contributed by atoms with Crippen molar-refractivity contribution in [1.29, 1.82) is 0 Å². The molecule has 0 spiro atoms. The van der Waals surface area contributed by atoms with Gasteiger partial charge in [-0.3, -0.25) is 10.1 Å². The number of rotatable bonds is 5. The van der Waals surface area contributed by atoms with Gasteiger partial charge in [0, 0.05) is 18.7 Å². The normalized spacial score (nSPS) is 10.2. The number of benzene rings is 2. The van der Waals surface area contributed by atoms with Gasteiger partial charge in [-0.05, 0) is 40.3 Å². The maximum Gasteiger partial charge on any atom is 0.293 e. The van der Waals surface area contributed by atoms with E-state index >= 15 is 0 Å². The monoisotopic (exact) mass is 402 g/mol. The fourth-order valence-corrected chi connectivity index (χ4v) is 2.26. The lowest BCUT2D eigenvalue weighted by Gasteiger charge is -2.09. The van der Waals surface area contributed by atoms with Crippen LogP contribution in [-0.2, 0) is 6.54 Å². The van der Waals surface area contributed by atoms with Gasteiger partial charge in [-0.25, -0.2) is 4.39 Å². The van der Waals surface area contributed by atoms with E-state index in [1.54, 1.807) is 35.8 Å². The van der Waals surface area contributed by atoms with Crippen LogP contribution in [0.3, 0.4) is 0 Å². The molecule has 0 bridgehead atoms. The summed E-state index contributed by atoms with van der Waals surface area (Å²) in [5.74, 6) is 0.201. The summed E-state index contributed by atoms with van der Waals surface area (Å²) in [6.07, 6.45) is 0. The smallest absolute Gasteiger partial charge is 0.293 e. The lowest BCUT2D eigenvalue weighted by atomic mass is 10.2. The largest absolute Gasteiger partial charge is 0.497 e. The van der Waals surface area contributed by atoms with Crippen LogP contribution in [0.1, 0.15) is 5.56 Å². The summed E-state index contributed by atoms with van der Waals surface area (Å²) < 4.78 is 18.9. The average Bonchev–Trinajstić information content (AvgIpc) is 2.48. The summed E-state index contributed by atoms with van der Waals surface area (Å²) in [6.45, 7) is 0.331. The van der Waals surface area contributed by atoms with Crippen LogP contribution in [0, 0.1) is 19.5 Å². The highest BCUT2D eigenvalue weighted by Crippen LogP contribution is 2.29. The van der Waals surface area contributed by atoms with Gasteiger partial charge in [-0.2, -0.15) is 0 Å². The highest BCUT2D eigenvalue weighted by molar-refractivity contribution is 14.1. The van der Waals surface area contributed by atoms with Gasteiger partial charge < -0.3 is 10.1 Å². The summed E-state index contributed by atoms with van der Waals surface area (Å²) in [7, 11) is 1.56. The van der Waals surface area contributed by atoms with E-state index in [0.29, 0.717) is 12.3 Å². The zero-order valence-corrected chi connectivity index (χ0v) is 13.3. The second-order valence-corrected chi connectivity index (χ2v) is 5.41. The van der Waals surface area contributed by atoms with Gasteiger partial charge in [0.2, 0.25) is 0 Å². The molecule has 0 radical (unpaired) electrons. The minimum Gasteiger partial charge on any atom is -0.497 e. The Bertz CT molecular complexity index is 679. The third-order valence-electron chi connectivity index (χ3n) is 2.85. The molecule has 2 aromatic rings. The van der Waals surface area contributed by atoms with Crippen molar-refractivity contribution in [3.8, 4) is 5.75 Å². The predicted octanol–water partition coefficient (Wildman–Crippen LogP) is 3.96. The van der Waals surface area contributed by atoms with Crippen molar-refractivity contribution in [1.82, 2.24) is 0 Å². The molecule has 7 heteroatoms. The standard InChI is InChI=1S/C14H12FIN2O3/c1-21-10-4-2-3-9(5-10)8-17-13-6-11(15)12(16)7-14(13)18(19)20/h2-7,17H,8H2,1H3. The fraction of sp³-hybridized carbons (Fsp3) is 0.143. The van der Waals surface area contributed by atoms with Crippen LogP contribution in [-0.4, -0.2) is 12.0 Å². The summed E-state index contributed by atoms with van der Waals surface area (Å²) in [5.41, 5.74) is 0.882. The summed E-state index contributed by atoms with van der Waals surface area (Å²) >= 11 is 1.73. The molecule has 0 amide bonds. The van der Waals surface area contributed by atoms with Crippen molar-refractivity contribution in [2.45, 2.75) is 6.54 Å². The number of ether oxygens (including phenoxy) is 1. The van der Waals surface area contributed by atoms with Crippen LogP contribution in [0.15, 0.2) is 36.4 Å². The minimum atomic E-state index is -0.532. The van der Waals surface area contributed by atoms with Gasteiger partial charge in [0.15, 0.2) is 0 Å². The number of halogens is 2. The fourth-order valence-electron chi connectivity index (χ4n) is 1.81.